The SMILES string of the molecule is [B]C1(C)CCC2C(CC1C(C)(C)C(C)CCCC)N(C)C(=S)N2C(C)C. The predicted octanol–water partition coefficient (Wildman–Crippen LogP) is 5.66. The van der Waals surface area contributed by atoms with E-state index >= 15 is 0 Å². The zero-order valence-corrected chi connectivity index (χ0v) is 19.3. The summed E-state index contributed by atoms with van der Waals surface area (Å²) in [6.45, 7) is 16.5. The van der Waals surface area contributed by atoms with Crippen LogP contribution >= 0.6 is 12.2 Å². The van der Waals surface area contributed by atoms with E-state index in [0.717, 1.165) is 24.4 Å². The Balaban J connectivity index is 2.32. The van der Waals surface area contributed by atoms with Gasteiger partial charge in [0.25, 0.3) is 0 Å². The Labute approximate surface area is 169 Å². The number of thiocarbonyl (C=S) groups is 1. The number of likely N-dealkylation sites (N-methyl/N-ethyl adjacent to an activating group) is 1. The van der Waals surface area contributed by atoms with Crippen LogP contribution in [0.15, 0.2) is 0 Å². The number of fused-ring (bicyclic) bond motifs is 1. The highest BCUT2D eigenvalue weighted by atomic mass is 32.1. The summed E-state index contributed by atoms with van der Waals surface area (Å²) >= 11 is 5.82. The molecule has 1 aliphatic heterocycles. The molecule has 2 rings (SSSR count). The molecule has 2 radical (unpaired) electrons. The van der Waals surface area contributed by atoms with Gasteiger partial charge >= 0.3 is 0 Å². The summed E-state index contributed by atoms with van der Waals surface area (Å²) in [5.74, 6) is 1.20. The van der Waals surface area contributed by atoms with Crippen LogP contribution in [-0.4, -0.2) is 47.9 Å². The molecule has 148 valence electrons. The van der Waals surface area contributed by atoms with Gasteiger partial charge in [-0.3, -0.25) is 0 Å². The minimum atomic E-state index is -0.112. The summed E-state index contributed by atoms with van der Waals surface area (Å²) in [5, 5.41) is 0.922. The molecule has 2 fully saturated rings. The van der Waals surface area contributed by atoms with E-state index in [4.69, 9.17) is 20.1 Å². The highest BCUT2D eigenvalue weighted by Crippen LogP contribution is 2.56. The van der Waals surface area contributed by atoms with E-state index in [1.54, 1.807) is 0 Å². The molecule has 0 aromatic rings. The third kappa shape index (κ3) is 3.96. The van der Waals surface area contributed by atoms with E-state index < -0.39 is 0 Å². The average molecular weight is 376 g/mol. The van der Waals surface area contributed by atoms with E-state index in [-0.39, 0.29) is 10.7 Å². The molecule has 1 saturated carbocycles. The summed E-state index contributed by atoms with van der Waals surface area (Å²) in [6, 6.07) is 1.47. The molecule has 5 atom stereocenters. The maximum absolute atomic E-state index is 7.01. The lowest BCUT2D eigenvalue weighted by atomic mass is 9.50. The van der Waals surface area contributed by atoms with Gasteiger partial charge in [0.2, 0.25) is 0 Å². The molecule has 0 aromatic heterocycles. The highest BCUT2D eigenvalue weighted by Gasteiger charge is 2.51. The van der Waals surface area contributed by atoms with Crippen molar-refractivity contribution in [1.82, 2.24) is 9.80 Å². The topological polar surface area (TPSA) is 6.48 Å². The molecular weight excluding hydrogens is 335 g/mol. The molecule has 26 heavy (non-hydrogen) atoms. The maximum Gasteiger partial charge on any atom is 0.172 e. The normalized spacial score (nSPS) is 34.2. The van der Waals surface area contributed by atoms with Gasteiger partial charge in [0.1, 0.15) is 0 Å². The second-order valence-electron chi connectivity index (χ2n) is 10.2. The van der Waals surface area contributed by atoms with E-state index in [1.165, 1.54) is 19.3 Å². The first-order chi connectivity index (χ1) is 11.9. The van der Waals surface area contributed by atoms with Gasteiger partial charge in [-0.1, -0.05) is 65.6 Å². The van der Waals surface area contributed by atoms with Gasteiger partial charge in [-0.2, -0.15) is 0 Å². The summed E-state index contributed by atoms with van der Waals surface area (Å²) in [5.41, 5.74) is 0.237. The molecular formula is C22H41BN2S. The molecule has 1 saturated heterocycles. The first-order valence-electron chi connectivity index (χ1n) is 10.8. The third-order valence-electron chi connectivity index (χ3n) is 7.79. The molecule has 0 amide bonds. The lowest BCUT2D eigenvalue weighted by molar-refractivity contribution is 0.0661. The fourth-order valence-corrected chi connectivity index (χ4v) is 6.16. The zero-order valence-electron chi connectivity index (χ0n) is 18.5. The van der Waals surface area contributed by atoms with Crippen molar-refractivity contribution in [3.05, 3.63) is 0 Å². The molecule has 4 heteroatoms. The van der Waals surface area contributed by atoms with Crippen molar-refractivity contribution in [2.24, 2.45) is 17.3 Å². The van der Waals surface area contributed by atoms with Crippen LogP contribution in [0.1, 0.15) is 87.0 Å². The van der Waals surface area contributed by atoms with Crippen molar-refractivity contribution >= 4 is 25.2 Å². The number of hydrogen-bond donors (Lipinski definition) is 0. The summed E-state index contributed by atoms with van der Waals surface area (Å²) in [4.78, 5) is 4.85. The van der Waals surface area contributed by atoms with E-state index in [2.05, 4.69) is 65.3 Å². The monoisotopic (exact) mass is 376 g/mol. The van der Waals surface area contributed by atoms with Gasteiger partial charge in [-0.25, -0.2) is 0 Å². The minimum absolute atomic E-state index is 0.112. The minimum Gasteiger partial charge on any atom is -0.347 e. The van der Waals surface area contributed by atoms with Crippen LogP contribution in [0, 0.1) is 17.3 Å². The zero-order chi connectivity index (χ0) is 19.9. The van der Waals surface area contributed by atoms with Gasteiger partial charge in [0.15, 0.2) is 5.11 Å². The summed E-state index contributed by atoms with van der Waals surface area (Å²) in [6.07, 6.45) is 7.28. The number of rotatable bonds is 6. The number of unbranched alkanes of at least 4 members (excludes halogenated alkanes) is 1. The van der Waals surface area contributed by atoms with Crippen LogP contribution < -0.4 is 0 Å². The van der Waals surface area contributed by atoms with E-state index in [1.807, 2.05) is 0 Å². The van der Waals surface area contributed by atoms with E-state index in [0.29, 0.717) is 30.0 Å². The average Bonchev–Trinajstić information content (AvgIpc) is 2.68. The van der Waals surface area contributed by atoms with Gasteiger partial charge in [0.05, 0.1) is 19.9 Å². The smallest absolute Gasteiger partial charge is 0.172 e. The molecule has 0 spiro atoms. The van der Waals surface area contributed by atoms with Crippen LogP contribution in [0.5, 0.6) is 0 Å². The summed E-state index contributed by atoms with van der Waals surface area (Å²) in [7, 11) is 9.21. The molecule has 0 aromatic carbocycles. The van der Waals surface area contributed by atoms with Gasteiger partial charge < -0.3 is 9.80 Å². The molecule has 2 nitrogen and oxygen atoms in total. The number of hydrogen-bond acceptors (Lipinski definition) is 1. The molecule has 5 unspecified atom stereocenters. The highest BCUT2D eigenvalue weighted by molar-refractivity contribution is 7.80. The Kier molecular flexibility index (Phi) is 6.79. The lowest BCUT2D eigenvalue weighted by Gasteiger charge is -2.49. The predicted molar refractivity (Wildman–Crippen MR) is 119 cm³/mol. The Morgan fingerprint density at radius 3 is 2.42 bits per heavy atom. The van der Waals surface area contributed by atoms with Crippen LogP contribution in [0.4, 0.5) is 0 Å². The fourth-order valence-electron chi connectivity index (χ4n) is 5.68. The fraction of sp³-hybridized carbons (Fsp3) is 0.955. The first-order valence-corrected chi connectivity index (χ1v) is 11.2. The second-order valence-corrected chi connectivity index (χ2v) is 10.6. The van der Waals surface area contributed by atoms with E-state index in [9.17, 15) is 0 Å². The largest absolute Gasteiger partial charge is 0.347 e. The Morgan fingerprint density at radius 2 is 1.88 bits per heavy atom. The van der Waals surface area contributed by atoms with Crippen LogP contribution in [0.3, 0.4) is 0 Å². The second kappa shape index (κ2) is 8.01. The summed E-state index contributed by atoms with van der Waals surface area (Å²) < 4.78 is 0. The van der Waals surface area contributed by atoms with Crippen molar-refractivity contribution < 1.29 is 0 Å². The van der Waals surface area contributed by atoms with Crippen molar-refractivity contribution in [1.29, 1.82) is 0 Å². The molecule has 2 aliphatic rings. The van der Waals surface area contributed by atoms with Crippen molar-refractivity contribution in [3.8, 4) is 0 Å². The van der Waals surface area contributed by atoms with Crippen molar-refractivity contribution in [2.75, 3.05) is 7.05 Å². The van der Waals surface area contributed by atoms with Crippen molar-refractivity contribution in [2.45, 2.75) is 110 Å². The Bertz CT molecular complexity index is 502. The standard InChI is InChI=1S/C22H41BN2S/c1-9-10-11-16(4)21(5,6)19-14-18-17(12-13-22(19,7)23)25(15(2)3)20(26)24(18)8/h15-19H,9-14H2,1-8H3. The van der Waals surface area contributed by atoms with Gasteiger partial charge in [-0.05, 0) is 56.2 Å². The molecule has 0 N–H and O–H groups in total. The lowest BCUT2D eigenvalue weighted by Crippen LogP contribution is -2.42. The van der Waals surface area contributed by atoms with Gasteiger partial charge in [-0.15, -0.1) is 0 Å². The Morgan fingerprint density at radius 1 is 1.27 bits per heavy atom. The first kappa shape index (κ1) is 22.0. The molecule has 0 bridgehead atoms. The van der Waals surface area contributed by atoms with Crippen LogP contribution in [-0.2, 0) is 0 Å². The van der Waals surface area contributed by atoms with Crippen molar-refractivity contribution in [3.63, 3.8) is 0 Å². The maximum atomic E-state index is 7.01. The Hall–Kier alpha value is -0.245. The molecule has 1 heterocycles. The van der Waals surface area contributed by atoms with Gasteiger partial charge in [0, 0.05) is 13.1 Å². The van der Waals surface area contributed by atoms with Crippen LogP contribution in [0.2, 0.25) is 5.31 Å². The van der Waals surface area contributed by atoms with Crippen LogP contribution in [0.25, 0.3) is 0 Å². The third-order valence-corrected chi connectivity index (χ3v) is 8.29. The quantitative estimate of drug-likeness (QED) is 0.436. The molecule has 1 aliphatic carbocycles. The number of nitrogens with zero attached hydrogens (tertiary/aromatic N) is 2.